The minimum absolute atomic E-state index is 0.562. The second-order valence-corrected chi connectivity index (χ2v) is 9.76. The summed E-state index contributed by atoms with van der Waals surface area (Å²) in [4.78, 5) is 15.0. The third kappa shape index (κ3) is 3.17. The molecule has 0 saturated heterocycles. The van der Waals surface area contributed by atoms with Crippen LogP contribution in [-0.4, -0.2) is 35.3 Å². The highest BCUT2D eigenvalue weighted by Gasteiger charge is 2.56. The molecule has 4 heterocycles. The molecule has 0 spiro atoms. The van der Waals surface area contributed by atoms with Gasteiger partial charge in [0, 0.05) is 43.9 Å². The second kappa shape index (κ2) is 8.70. The van der Waals surface area contributed by atoms with E-state index in [-0.39, 0.29) is 0 Å². The molecular weight excluding hydrogens is 439 g/mol. The van der Waals surface area contributed by atoms with Crippen molar-refractivity contribution in [2.45, 2.75) is 0 Å². The molecule has 4 nitrogen and oxygen atoms in total. The summed E-state index contributed by atoms with van der Waals surface area (Å²) >= 11 is 0. The molecule has 0 atom stereocenters. The SMILES string of the molecule is C[N+]1(C)c2ccccc2C(c2ccccc2)=C(c2ccccn2)[B-]1(c1ccccn1)c1ccccn1. The maximum atomic E-state index is 5.03. The third-order valence-corrected chi connectivity index (χ3v) is 7.68. The first kappa shape index (κ1) is 22.1. The Morgan fingerprint density at radius 1 is 0.556 bits per heavy atom. The standard InChI is InChI=1S/C31H27BN4/c1-36(2)27-18-7-6-16-25(27)30(24-14-4-3-5-15-24)31(26-17-8-11-21-33-26)32(36,28-19-9-12-22-34-28)29-20-10-13-23-35-29/h3-23H,1-2H3. The molecule has 36 heavy (non-hydrogen) atoms. The molecule has 3 aromatic heterocycles. The molecule has 0 bridgehead atoms. The highest BCUT2D eigenvalue weighted by atomic mass is 15.3. The number of fused-ring (bicyclic) bond motifs is 1. The van der Waals surface area contributed by atoms with Crippen LogP contribution in [0.3, 0.4) is 0 Å². The lowest BCUT2D eigenvalue weighted by Gasteiger charge is -2.59. The van der Waals surface area contributed by atoms with Crippen LogP contribution in [0.25, 0.3) is 11.0 Å². The number of para-hydroxylation sites is 1. The summed E-state index contributed by atoms with van der Waals surface area (Å²) in [6, 6.07) is 37.9. The zero-order chi connectivity index (χ0) is 24.6. The van der Waals surface area contributed by atoms with E-state index >= 15 is 0 Å². The first-order valence-electron chi connectivity index (χ1n) is 12.3. The zero-order valence-corrected chi connectivity index (χ0v) is 20.5. The Hall–Kier alpha value is -4.35. The van der Waals surface area contributed by atoms with Gasteiger partial charge in [0.2, 0.25) is 0 Å². The number of rotatable bonds is 4. The smallest absolute Gasteiger partial charge is 0.332 e. The highest BCUT2D eigenvalue weighted by molar-refractivity contribution is 7.15. The van der Waals surface area contributed by atoms with Gasteiger partial charge in [-0.1, -0.05) is 78.3 Å². The summed E-state index contributed by atoms with van der Waals surface area (Å²) in [5.41, 5.74) is 8.85. The van der Waals surface area contributed by atoms with E-state index in [1.165, 1.54) is 16.8 Å². The van der Waals surface area contributed by atoms with Crippen LogP contribution in [-0.2, 0) is 0 Å². The minimum atomic E-state index is -1.77. The summed E-state index contributed by atoms with van der Waals surface area (Å²) in [6.07, 6.45) is 3.89. The largest absolute Gasteiger partial charge is 0.472 e. The van der Waals surface area contributed by atoms with Gasteiger partial charge >= 0.3 is 6.28 Å². The second-order valence-electron chi connectivity index (χ2n) is 9.76. The first-order valence-corrected chi connectivity index (χ1v) is 12.3. The van der Waals surface area contributed by atoms with Crippen molar-refractivity contribution in [3.05, 3.63) is 145 Å². The van der Waals surface area contributed by atoms with Crippen LogP contribution in [0.4, 0.5) is 5.69 Å². The number of benzene rings is 2. The molecule has 0 fully saturated rings. The Morgan fingerprint density at radius 3 is 1.69 bits per heavy atom. The molecule has 0 unspecified atom stereocenters. The van der Waals surface area contributed by atoms with Gasteiger partial charge in [-0.15, -0.1) is 0 Å². The molecule has 5 heteroatoms. The van der Waals surface area contributed by atoms with E-state index in [9.17, 15) is 0 Å². The number of aromatic nitrogens is 3. The van der Waals surface area contributed by atoms with E-state index in [4.69, 9.17) is 15.0 Å². The Balaban J connectivity index is 1.90. The van der Waals surface area contributed by atoms with E-state index in [0.29, 0.717) is 4.39 Å². The average molecular weight is 466 g/mol. The maximum Gasteiger partial charge on any atom is 0.332 e. The fourth-order valence-corrected chi connectivity index (χ4v) is 6.21. The van der Waals surface area contributed by atoms with Gasteiger partial charge in [-0.05, 0) is 58.7 Å². The fraction of sp³-hybridized carbons (Fsp3) is 0.0645. The number of hydrogen-bond acceptors (Lipinski definition) is 3. The van der Waals surface area contributed by atoms with Gasteiger partial charge in [0.15, 0.2) is 0 Å². The van der Waals surface area contributed by atoms with Crippen LogP contribution in [0, 0.1) is 0 Å². The van der Waals surface area contributed by atoms with Gasteiger partial charge in [-0.3, -0.25) is 15.0 Å². The first-order chi connectivity index (χ1) is 17.7. The van der Waals surface area contributed by atoms with Crippen LogP contribution >= 0.6 is 0 Å². The van der Waals surface area contributed by atoms with E-state index in [2.05, 4.69) is 105 Å². The molecular formula is C31H27BN4. The predicted octanol–water partition coefficient (Wildman–Crippen LogP) is 4.71. The summed E-state index contributed by atoms with van der Waals surface area (Å²) in [7, 11) is 4.57. The Labute approximate surface area is 212 Å². The lowest BCUT2D eigenvalue weighted by molar-refractivity contribution is 0.608. The molecule has 1 aliphatic rings. The molecule has 5 aromatic rings. The zero-order valence-electron chi connectivity index (χ0n) is 20.5. The van der Waals surface area contributed by atoms with Crippen molar-refractivity contribution in [3.63, 3.8) is 0 Å². The molecule has 0 saturated carbocycles. The van der Waals surface area contributed by atoms with Crippen molar-refractivity contribution in [2.24, 2.45) is 0 Å². The van der Waals surface area contributed by atoms with Crippen molar-refractivity contribution < 1.29 is 0 Å². The van der Waals surface area contributed by atoms with Crippen LogP contribution in [0.2, 0.25) is 0 Å². The third-order valence-electron chi connectivity index (χ3n) is 7.68. The van der Waals surface area contributed by atoms with Gasteiger partial charge in [-0.2, -0.15) is 0 Å². The fourth-order valence-electron chi connectivity index (χ4n) is 6.21. The summed E-state index contributed by atoms with van der Waals surface area (Å²) in [6.45, 7) is 0. The topological polar surface area (TPSA) is 38.7 Å². The van der Waals surface area contributed by atoms with Crippen LogP contribution in [0.15, 0.2) is 128 Å². The quantitative estimate of drug-likeness (QED) is 0.360. The summed E-state index contributed by atoms with van der Waals surface area (Å²) < 4.78 is 0.562. The molecule has 0 aliphatic carbocycles. The molecule has 0 amide bonds. The van der Waals surface area contributed by atoms with Gasteiger partial charge in [-0.25, -0.2) is 0 Å². The van der Waals surface area contributed by atoms with Crippen LogP contribution in [0.5, 0.6) is 0 Å². The van der Waals surface area contributed by atoms with E-state index in [0.717, 1.165) is 27.9 Å². The van der Waals surface area contributed by atoms with Crippen molar-refractivity contribution in [1.29, 1.82) is 0 Å². The van der Waals surface area contributed by atoms with Gasteiger partial charge < -0.3 is 4.39 Å². The van der Waals surface area contributed by atoms with Crippen LogP contribution in [0.1, 0.15) is 16.8 Å². The Bertz CT molecular complexity index is 1490. The van der Waals surface area contributed by atoms with E-state index < -0.39 is 6.28 Å². The van der Waals surface area contributed by atoms with Gasteiger partial charge in [0.05, 0.1) is 5.69 Å². The van der Waals surface area contributed by atoms with Crippen molar-refractivity contribution >= 4 is 34.2 Å². The van der Waals surface area contributed by atoms with Crippen molar-refractivity contribution in [2.75, 3.05) is 14.1 Å². The highest BCUT2D eigenvalue weighted by Crippen LogP contribution is 2.49. The summed E-state index contributed by atoms with van der Waals surface area (Å²) in [5, 5.41) is 0. The molecule has 2 aromatic carbocycles. The summed E-state index contributed by atoms with van der Waals surface area (Å²) in [5.74, 6) is 0. The monoisotopic (exact) mass is 466 g/mol. The average Bonchev–Trinajstić information content (AvgIpc) is 2.95. The molecule has 174 valence electrons. The Morgan fingerprint density at radius 2 is 1.11 bits per heavy atom. The van der Waals surface area contributed by atoms with E-state index in [1.807, 2.05) is 36.8 Å². The predicted molar refractivity (Wildman–Crippen MR) is 150 cm³/mol. The molecule has 6 rings (SSSR count). The minimum Gasteiger partial charge on any atom is -0.472 e. The lowest BCUT2D eigenvalue weighted by atomic mass is 9.21. The molecule has 1 aliphatic heterocycles. The maximum absolute atomic E-state index is 5.03. The number of nitrogens with zero attached hydrogens (tertiary/aromatic N) is 4. The lowest BCUT2D eigenvalue weighted by Crippen LogP contribution is -2.81. The van der Waals surface area contributed by atoms with Crippen molar-refractivity contribution in [1.82, 2.24) is 19.3 Å². The number of pyridine rings is 3. The van der Waals surface area contributed by atoms with Crippen LogP contribution < -0.4 is 15.6 Å². The number of quaternary nitrogens is 1. The van der Waals surface area contributed by atoms with Gasteiger partial charge in [0.1, 0.15) is 0 Å². The Kier molecular flexibility index (Phi) is 5.35. The normalized spacial score (nSPS) is 15.8. The van der Waals surface area contributed by atoms with Crippen molar-refractivity contribution in [3.8, 4) is 0 Å². The number of hydrogen-bond donors (Lipinski definition) is 0. The molecule has 0 N–H and O–H groups in total. The molecule has 0 radical (unpaired) electrons. The van der Waals surface area contributed by atoms with Gasteiger partial charge in [0.25, 0.3) is 0 Å². The van der Waals surface area contributed by atoms with E-state index in [1.54, 1.807) is 0 Å².